The second-order valence-electron chi connectivity index (χ2n) is 6.59. The predicted molar refractivity (Wildman–Crippen MR) is 106 cm³/mol. The Balaban J connectivity index is 1.53. The Bertz CT molecular complexity index is 992. The van der Waals surface area contributed by atoms with Gasteiger partial charge in [0.05, 0.1) is 21.5 Å². The van der Waals surface area contributed by atoms with Crippen molar-refractivity contribution in [3.63, 3.8) is 0 Å². The molecule has 1 atom stereocenters. The minimum Gasteiger partial charge on any atom is -0.355 e. The summed E-state index contributed by atoms with van der Waals surface area (Å²) in [5, 5.41) is 8.37. The van der Waals surface area contributed by atoms with Gasteiger partial charge in [-0.25, -0.2) is 13.6 Å². The number of amides is 2. The zero-order valence-corrected chi connectivity index (χ0v) is 16.5. The third-order valence-corrected chi connectivity index (χ3v) is 5.85. The zero-order chi connectivity index (χ0) is 20.3. The molecular weight excluding hydrogens is 402 g/mol. The van der Waals surface area contributed by atoms with Crippen molar-refractivity contribution < 1.29 is 18.0 Å². The number of halogens is 1. The maximum atomic E-state index is 12.4. The monoisotopic (exact) mass is 421 g/mol. The number of nitrogens with two attached hydrogens (primary N) is 1. The number of nitrogens with one attached hydrogen (secondary N) is 1. The van der Waals surface area contributed by atoms with Crippen LogP contribution in [0.5, 0.6) is 0 Å². The van der Waals surface area contributed by atoms with Gasteiger partial charge >= 0.3 is 0 Å². The molecule has 2 aromatic rings. The number of hydrogen-bond donors (Lipinski definition) is 2. The lowest BCUT2D eigenvalue weighted by Gasteiger charge is -2.18. The highest BCUT2D eigenvalue weighted by atomic mass is 35.5. The van der Waals surface area contributed by atoms with Gasteiger partial charge in [-0.3, -0.25) is 9.59 Å². The molecule has 148 valence electrons. The molecule has 0 radical (unpaired) electrons. The van der Waals surface area contributed by atoms with Crippen molar-refractivity contribution in [2.75, 3.05) is 18.0 Å². The van der Waals surface area contributed by atoms with Gasteiger partial charge in [0, 0.05) is 19.5 Å². The quantitative estimate of drug-likeness (QED) is 0.739. The van der Waals surface area contributed by atoms with Gasteiger partial charge < -0.3 is 10.2 Å². The Kier molecular flexibility index (Phi) is 6.02. The van der Waals surface area contributed by atoms with Crippen LogP contribution in [0.15, 0.2) is 53.4 Å². The van der Waals surface area contributed by atoms with Gasteiger partial charge in [-0.05, 0) is 36.2 Å². The summed E-state index contributed by atoms with van der Waals surface area (Å²) in [5.41, 5.74) is 1.48. The van der Waals surface area contributed by atoms with E-state index in [4.69, 9.17) is 16.7 Å². The molecule has 0 spiro atoms. The summed E-state index contributed by atoms with van der Waals surface area (Å²) in [6.07, 6.45) is 0.672. The first-order valence-corrected chi connectivity index (χ1v) is 10.6. The summed E-state index contributed by atoms with van der Waals surface area (Å²) in [4.78, 5) is 26.3. The van der Waals surface area contributed by atoms with E-state index < -0.39 is 15.9 Å². The number of carbonyl (C=O) groups excluding carboxylic acids is 2. The summed E-state index contributed by atoms with van der Waals surface area (Å²) >= 11 is 6.15. The van der Waals surface area contributed by atoms with Crippen LogP contribution in [-0.2, 0) is 26.0 Å². The molecule has 2 aromatic carbocycles. The lowest BCUT2D eigenvalue weighted by atomic mass is 10.1. The molecule has 1 aliphatic rings. The third-order valence-electron chi connectivity index (χ3n) is 4.60. The van der Waals surface area contributed by atoms with Crippen molar-refractivity contribution >= 4 is 39.1 Å². The molecule has 3 N–H and O–H groups in total. The molecule has 1 heterocycles. The van der Waals surface area contributed by atoms with Crippen molar-refractivity contribution in [2.45, 2.75) is 17.7 Å². The molecule has 1 aliphatic heterocycles. The van der Waals surface area contributed by atoms with E-state index in [1.807, 2.05) is 0 Å². The van der Waals surface area contributed by atoms with Crippen LogP contribution in [-0.4, -0.2) is 33.3 Å². The van der Waals surface area contributed by atoms with E-state index in [1.165, 1.54) is 12.1 Å². The number of hydrogen-bond acceptors (Lipinski definition) is 4. The fourth-order valence-corrected chi connectivity index (χ4v) is 3.86. The fraction of sp³-hybridized carbons (Fsp3) is 0.263. The lowest BCUT2D eigenvalue weighted by Crippen LogP contribution is -2.34. The maximum absolute atomic E-state index is 12.4. The van der Waals surface area contributed by atoms with Crippen molar-refractivity contribution in [1.29, 1.82) is 0 Å². The number of primary sulfonamides is 1. The summed E-state index contributed by atoms with van der Waals surface area (Å²) < 4.78 is 22.5. The smallest absolute Gasteiger partial charge is 0.238 e. The molecule has 2 amide bonds. The SMILES string of the molecule is NS(=O)(=O)c1ccc(CCNC(=O)[C@@H]2CC(=O)N(c3ccccc3Cl)C2)cc1. The second kappa shape index (κ2) is 8.30. The van der Waals surface area contributed by atoms with Gasteiger partial charge in [-0.1, -0.05) is 35.9 Å². The number of rotatable bonds is 6. The highest BCUT2D eigenvalue weighted by molar-refractivity contribution is 7.89. The highest BCUT2D eigenvalue weighted by Gasteiger charge is 2.35. The minimum absolute atomic E-state index is 0.0458. The molecular formula is C19H20ClN3O4S. The van der Waals surface area contributed by atoms with Crippen LogP contribution in [0, 0.1) is 5.92 Å². The van der Waals surface area contributed by atoms with Crippen LogP contribution in [0.4, 0.5) is 5.69 Å². The van der Waals surface area contributed by atoms with Gasteiger partial charge in [0.2, 0.25) is 21.8 Å². The van der Waals surface area contributed by atoms with E-state index >= 15 is 0 Å². The Morgan fingerprint density at radius 2 is 1.86 bits per heavy atom. The number of anilines is 1. The fourth-order valence-electron chi connectivity index (χ4n) is 3.11. The van der Waals surface area contributed by atoms with Crippen LogP contribution < -0.4 is 15.4 Å². The number of para-hydroxylation sites is 1. The second-order valence-corrected chi connectivity index (χ2v) is 8.56. The Hall–Kier alpha value is -2.42. The van der Waals surface area contributed by atoms with Crippen molar-refractivity contribution in [3.8, 4) is 0 Å². The largest absolute Gasteiger partial charge is 0.355 e. The summed E-state index contributed by atoms with van der Waals surface area (Å²) in [5.74, 6) is -0.760. The normalized spacial score (nSPS) is 17.0. The van der Waals surface area contributed by atoms with Crippen LogP contribution in [0.25, 0.3) is 0 Å². The molecule has 0 bridgehead atoms. The molecule has 0 unspecified atom stereocenters. The number of benzene rings is 2. The molecule has 3 rings (SSSR count). The van der Waals surface area contributed by atoms with Gasteiger partial charge in [0.15, 0.2) is 0 Å². The average molecular weight is 422 g/mol. The maximum Gasteiger partial charge on any atom is 0.238 e. The standard InChI is InChI=1S/C19H20ClN3O4S/c20-16-3-1-2-4-17(16)23-12-14(11-18(23)24)19(25)22-10-9-13-5-7-15(8-6-13)28(21,26)27/h1-8,14H,9-12H2,(H,22,25)(H2,21,26,27)/t14-/m1/s1. The van der Waals surface area contributed by atoms with Crippen LogP contribution in [0.3, 0.4) is 0 Å². The predicted octanol–water partition coefficient (Wildman–Crippen LogP) is 1.70. The Morgan fingerprint density at radius 1 is 1.18 bits per heavy atom. The molecule has 0 aromatic heterocycles. The van der Waals surface area contributed by atoms with Crippen LogP contribution in [0.2, 0.25) is 5.02 Å². The molecule has 7 nitrogen and oxygen atoms in total. The van der Waals surface area contributed by atoms with Crippen molar-refractivity contribution in [3.05, 3.63) is 59.1 Å². The molecule has 1 saturated heterocycles. The molecule has 1 fully saturated rings. The van der Waals surface area contributed by atoms with Gasteiger partial charge in [-0.15, -0.1) is 0 Å². The van der Waals surface area contributed by atoms with Crippen LogP contribution >= 0.6 is 11.6 Å². The zero-order valence-electron chi connectivity index (χ0n) is 15.0. The third kappa shape index (κ3) is 4.70. The number of nitrogens with zero attached hydrogens (tertiary/aromatic N) is 1. The van der Waals surface area contributed by atoms with E-state index in [9.17, 15) is 18.0 Å². The van der Waals surface area contributed by atoms with Crippen LogP contribution in [0.1, 0.15) is 12.0 Å². The van der Waals surface area contributed by atoms with E-state index in [1.54, 1.807) is 41.3 Å². The molecule has 0 saturated carbocycles. The van der Waals surface area contributed by atoms with Gasteiger partial charge in [0.25, 0.3) is 0 Å². The average Bonchev–Trinajstić information content (AvgIpc) is 3.03. The number of sulfonamides is 1. The van der Waals surface area contributed by atoms with E-state index in [-0.39, 0.29) is 29.7 Å². The lowest BCUT2D eigenvalue weighted by molar-refractivity contribution is -0.126. The molecule has 28 heavy (non-hydrogen) atoms. The highest BCUT2D eigenvalue weighted by Crippen LogP contribution is 2.30. The van der Waals surface area contributed by atoms with Crippen molar-refractivity contribution in [2.24, 2.45) is 11.1 Å². The summed E-state index contributed by atoms with van der Waals surface area (Å²) in [6, 6.07) is 13.2. The molecule has 9 heteroatoms. The van der Waals surface area contributed by atoms with E-state index in [0.29, 0.717) is 23.7 Å². The van der Waals surface area contributed by atoms with E-state index in [2.05, 4.69) is 5.32 Å². The number of carbonyl (C=O) groups is 2. The first-order chi connectivity index (χ1) is 13.3. The van der Waals surface area contributed by atoms with Gasteiger partial charge in [-0.2, -0.15) is 0 Å². The minimum atomic E-state index is -3.72. The Morgan fingerprint density at radius 3 is 2.50 bits per heavy atom. The van der Waals surface area contributed by atoms with Gasteiger partial charge in [0.1, 0.15) is 0 Å². The molecule has 0 aliphatic carbocycles. The summed E-state index contributed by atoms with van der Waals surface area (Å²) in [6.45, 7) is 0.668. The first-order valence-electron chi connectivity index (χ1n) is 8.70. The summed E-state index contributed by atoms with van der Waals surface area (Å²) in [7, 11) is -3.72. The van der Waals surface area contributed by atoms with E-state index in [0.717, 1.165) is 5.56 Å². The Labute approximate surface area is 168 Å². The van der Waals surface area contributed by atoms with Crippen molar-refractivity contribution in [1.82, 2.24) is 5.32 Å². The topological polar surface area (TPSA) is 110 Å². The first kappa shape index (κ1) is 20.3.